The number of nitrogens with one attached hydrogen (secondary N) is 1. The number of carbonyl (C=O) groups is 1. The van der Waals surface area contributed by atoms with Gasteiger partial charge < -0.3 is 10.2 Å². The molecule has 2 atom stereocenters. The van der Waals surface area contributed by atoms with E-state index in [9.17, 15) is 4.79 Å². The first-order valence-corrected chi connectivity index (χ1v) is 10.4. The fraction of sp³-hybridized carbons (Fsp3) is 0.480. The zero-order chi connectivity index (χ0) is 20.2. The molecule has 0 spiro atoms. The Labute approximate surface area is 169 Å². The Hall–Kier alpha value is -2.29. The van der Waals surface area contributed by atoms with Crippen LogP contribution < -0.4 is 10.2 Å². The summed E-state index contributed by atoms with van der Waals surface area (Å²) in [6.45, 7) is 13.8. The molecule has 2 aliphatic rings. The normalized spacial score (nSPS) is 20.4. The van der Waals surface area contributed by atoms with Gasteiger partial charge in [-0.25, -0.2) is 0 Å². The Kier molecular flexibility index (Phi) is 4.52. The van der Waals surface area contributed by atoms with E-state index in [0.29, 0.717) is 18.4 Å². The topological polar surface area (TPSA) is 32.3 Å². The van der Waals surface area contributed by atoms with Gasteiger partial charge >= 0.3 is 0 Å². The first kappa shape index (κ1) is 19.0. The van der Waals surface area contributed by atoms with Crippen molar-refractivity contribution in [2.75, 3.05) is 16.8 Å². The first-order valence-electron chi connectivity index (χ1n) is 10.4. The predicted molar refractivity (Wildman–Crippen MR) is 117 cm³/mol. The summed E-state index contributed by atoms with van der Waals surface area (Å²) < 4.78 is 0. The van der Waals surface area contributed by atoms with Crippen molar-refractivity contribution >= 4 is 17.3 Å². The molecular formula is C25H32N2O. The highest BCUT2D eigenvalue weighted by Gasteiger charge is 2.43. The van der Waals surface area contributed by atoms with Gasteiger partial charge in [-0.2, -0.15) is 0 Å². The van der Waals surface area contributed by atoms with Crippen LogP contribution in [0.5, 0.6) is 0 Å². The van der Waals surface area contributed by atoms with E-state index in [2.05, 4.69) is 82.1 Å². The van der Waals surface area contributed by atoms with Crippen molar-refractivity contribution in [3.63, 3.8) is 0 Å². The van der Waals surface area contributed by atoms with Crippen LogP contribution in [-0.4, -0.2) is 12.5 Å². The smallest absolute Gasteiger partial charge is 0.224 e. The van der Waals surface area contributed by atoms with Gasteiger partial charge in [0.2, 0.25) is 5.91 Å². The number of aryl methyl sites for hydroxylation is 3. The van der Waals surface area contributed by atoms with E-state index in [1.54, 1.807) is 5.56 Å². The van der Waals surface area contributed by atoms with Crippen molar-refractivity contribution in [2.45, 2.75) is 66.3 Å². The zero-order valence-electron chi connectivity index (χ0n) is 18.0. The lowest BCUT2D eigenvalue weighted by molar-refractivity contribution is -0.117. The van der Waals surface area contributed by atoms with Crippen LogP contribution in [0.15, 0.2) is 30.3 Å². The minimum atomic E-state index is -0.00806. The number of amides is 1. The van der Waals surface area contributed by atoms with Gasteiger partial charge in [0, 0.05) is 30.3 Å². The minimum absolute atomic E-state index is 0.00806. The molecule has 2 aromatic rings. The Morgan fingerprint density at radius 3 is 2.43 bits per heavy atom. The highest BCUT2D eigenvalue weighted by Crippen LogP contribution is 2.53. The highest BCUT2D eigenvalue weighted by molar-refractivity contribution is 5.93. The molecule has 1 fully saturated rings. The molecule has 0 aromatic heterocycles. The fourth-order valence-corrected chi connectivity index (χ4v) is 5.10. The van der Waals surface area contributed by atoms with E-state index < -0.39 is 0 Å². The van der Waals surface area contributed by atoms with Crippen molar-refractivity contribution < 1.29 is 4.79 Å². The third kappa shape index (κ3) is 3.32. The molecule has 148 valence electrons. The van der Waals surface area contributed by atoms with Gasteiger partial charge in [0.15, 0.2) is 0 Å². The molecule has 1 aliphatic carbocycles. The van der Waals surface area contributed by atoms with Gasteiger partial charge in [0.1, 0.15) is 0 Å². The second-order valence-corrected chi connectivity index (χ2v) is 9.92. The molecule has 2 unspecified atom stereocenters. The third-order valence-electron chi connectivity index (χ3n) is 6.24. The number of benzene rings is 2. The molecule has 1 saturated heterocycles. The molecule has 2 bridgehead atoms. The number of fused-ring (bicyclic) bond motifs is 5. The summed E-state index contributed by atoms with van der Waals surface area (Å²) in [7, 11) is 0. The largest absolute Gasteiger partial charge is 0.364 e. The second kappa shape index (κ2) is 6.65. The van der Waals surface area contributed by atoms with E-state index in [-0.39, 0.29) is 11.3 Å². The van der Waals surface area contributed by atoms with Crippen LogP contribution >= 0.6 is 0 Å². The van der Waals surface area contributed by atoms with Gasteiger partial charge in [-0.15, -0.1) is 0 Å². The average molecular weight is 377 g/mol. The molecule has 3 nitrogen and oxygen atoms in total. The Bertz CT molecular complexity index is 915. The zero-order valence-corrected chi connectivity index (χ0v) is 18.0. The molecule has 3 heteroatoms. The Balaban J connectivity index is 1.60. The van der Waals surface area contributed by atoms with Crippen molar-refractivity contribution in [2.24, 2.45) is 5.41 Å². The Morgan fingerprint density at radius 1 is 1.11 bits per heavy atom. The molecule has 1 N–H and O–H groups in total. The van der Waals surface area contributed by atoms with Gasteiger partial charge in [0.05, 0.1) is 6.04 Å². The lowest BCUT2D eigenvalue weighted by Gasteiger charge is -2.33. The summed E-state index contributed by atoms with van der Waals surface area (Å²) in [4.78, 5) is 15.0. The number of rotatable bonds is 3. The number of hydrogen-bond acceptors (Lipinski definition) is 2. The number of anilines is 2. The van der Waals surface area contributed by atoms with Crippen molar-refractivity contribution in [3.8, 4) is 0 Å². The van der Waals surface area contributed by atoms with E-state index in [1.165, 1.54) is 23.2 Å². The monoisotopic (exact) mass is 376 g/mol. The molecule has 1 aliphatic heterocycles. The summed E-state index contributed by atoms with van der Waals surface area (Å²) in [6, 6.07) is 11.7. The molecule has 1 amide bonds. The van der Waals surface area contributed by atoms with Gasteiger partial charge in [-0.05, 0) is 72.6 Å². The average Bonchev–Trinajstić information content (AvgIpc) is 3.16. The lowest BCUT2D eigenvalue weighted by atomic mass is 9.92. The lowest BCUT2D eigenvalue weighted by Crippen LogP contribution is -2.28. The van der Waals surface area contributed by atoms with Gasteiger partial charge in [-0.1, -0.05) is 39.0 Å². The molecule has 1 heterocycles. The molecular weight excluding hydrogens is 344 g/mol. The SMILES string of the molecule is Cc1cc(N2CC3CC2c2c(C)cccc23)cc(C)c1NC(=O)CC(C)(C)C. The van der Waals surface area contributed by atoms with Gasteiger partial charge in [-0.3, -0.25) is 4.79 Å². The first-order chi connectivity index (χ1) is 13.1. The number of nitrogens with zero attached hydrogens (tertiary/aromatic N) is 1. The van der Waals surface area contributed by atoms with Crippen molar-refractivity contribution in [1.82, 2.24) is 0 Å². The van der Waals surface area contributed by atoms with Crippen LogP contribution in [0, 0.1) is 26.2 Å². The maximum absolute atomic E-state index is 12.4. The fourth-order valence-electron chi connectivity index (χ4n) is 5.10. The van der Waals surface area contributed by atoms with Crippen LogP contribution in [0.1, 0.15) is 73.4 Å². The van der Waals surface area contributed by atoms with E-state index in [0.717, 1.165) is 23.4 Å². The van der Waals surface area contributed by atoms with E-state index >= 15 is 0 Å². The highest BCUT2D eigenvalue weighted by atomic mass is 16.1. The van der Waals surface area contributed by atoms with Crippen LogP contribution in [0.2, 0.25) is 0 Å². The summed E-state index contributed by atoms with van der Waals surface area (Å²) in [5, 5.41) is 3.15. The van der Waals surface area contributed by atoms with E-state index in [1.807, 2.05) is 0 Å². The van der Waals surface area contributed by atoms with Crippen LogP contribution in [0.3, 0.4) is 0 Å². The number of carbonyl (C=O) groups excluding carboxylic acids is 1. The summed E-state index contributed by atoms with van der Waals surface area (Å²) in [6.07, 6.45) is 1.75. The van der Waals surface area contributed by atoms with Gasteiger partial charge in [0.25, 0.3) is 0 Å². The summed E-state index contributed by atoms with van der Waals surface area (Å²) in [5.41, 5.74) is 9.04. The van der Waals surface area contributed by atoms with Crippen molar-refractivity contribution in [3.05, 3.63) is 58.1 Å². The Morgan fingerprint density at radius 2 is 1.79 bits per heavy atom. The van der Waals surface area contributed by atoms with E-state index in [4.69, 9.17) is 0 Å². The van der Waals surface area contributed by atoms with Crippen LogP contribution in [-0.2, 0) is 4.79 Å². The maximum atomic E-state index is 12.4. The molecule has 0 radical (unpaired) electrons. The van der Waals surface area contributed by atoms with Crippen molar-refractivity contribution in [1.29, 1.82) is 0 Å². The van der Waals surface area contributed by atoms with Crippen LogP contribution in [0.4, 0.5) is 11.4 Å². The predicted octanol–water partition coefficient (Wildman–Crippen LogP) is 6.04. The van der Waals surface area contributed by atoms with Crippen LogP contribution in [0.25, 0.3) is 0 Å². The molecule has 2 aromatic carbocycles. The maximum Gasteiger partial charge on any atom is 0.224 e. The molecule has 0 saturated carbocycles. The minimum Gasteiger partial charge on any atom is -0.364 e. The summed E-state index contributed by atoms with van der Waals surface area (Å²) >= 11 is 0. The molecule has 28 heavy (non-hydrogen) atoms. The summed E-state index contributed by atoms with van der Waals surface area (Å²) in [5.74, 6) is 0.739. The molecule has 4 rings (SSSR count). The third-order valence-corrected chi connectivity index (χ3v) is 6.24. The number of hydrogen-bond donors (Lipinski definition) is 1. The standard InChI is InChI=1S/C25H32N2O/c1-15-8-7-9-20-18-12-21(23(15)20)27(14-18)19-10-16(2)24(17(3)11-19)26-22(28)13-25(4,5)6/h7-11,18,21H,12-14H2,1-6H3,(H,26,28). The quantitative estimate of drug-likeness (QED) is 0.709. The second-order valence-electron chi connectivity index (χ2n) is 9.92.